The molecule has 1 unspecified atom stereocenters. The summed E-state index contributed by atoms with van der Waals surface area (Å²) in [6.45, 7) is 1.96. The summed E-state index contributed by atoms with van der Waals surface area (Å²) in [5.41, 5.74) is 0.917. The molecule has 1 aromatic carbocycles. The molecule has 1 atom stereocenters. The summed E-state index contributed by atoms with van der Waals surface area (Å²) in [5.74, 6) is 0.356. The highest BCUT2D eigenvalue weighted by Gasteiger charge is 2.31. The summed E-state index contributed by atoms with van der Waals surface area (Å²) in [7, 11) is 0. The van der Waals surface area contributed by atoms with E-state index in [4.69, 9.17) is 16.3 Å². The van der Waals surface area contributed by atoms with Gasteiger partial charge in [-0.15, -0.1) is 0 Å². The quantitative estimate of drug-likeness (QED) is 0.510. The number of ether oxygens (including phenoxy) is 1. The van der Waals surface area contributed by atoms with Crippen LogP contribution in [0.3, 0.4) is 0 Å². The first-order valence-corrected chi connectivity index (χ1v) is 4.61. The molecule has 0 aliphatic carbocycles. The summed E-state index contributed by atoms with van der Waals surface area (Å²) >= 11 is 5.83. The SMILES string of the molecule is CCC1C(=O)Oc2ccc(Cl)cc21. The van der Waals surface area contributed by atoms with Gasteiger partial charge in [-0.05, 0) is 24.6 Å². The Balaban J connectivity index is 2.50. The lowest BCUT2D eigenvalue weighted by atomic mass is 9.98. The topological polar surface area (TPSA) is 26.3 Å². The molecule has 2 rings (SSSR count). The van der Waals surface area contributed by atoms with Gasteiger partial charge in [-0.2, -0.15) is 0 Å². The molecule has 1 aromatic rings. The van der Waals surface area contributed by atoms with Crippen LogP contribution in [0.15, 0.2) is 18.2 Å². The monoisotopic (exact) mass is 196 g/mol. The minimum atomic E-state index is -0.167. The predicted octanol–water partition coefficient (Wildman–Crippen LogP) is 2.75. The van der Waals surface area contributed by atoms with Gasteiger partial charge in [-0.3, -0.25) is 4.79 Å². The van der Waals surface area contributed by atoms with E-state index in [0.29, 0.717) is 10.8 Å². The molecule has 0 N–H and O–H groups in total. The first-order valence-electron chi connectivity index (χ1n) is 4.23. The molecule has 0 saturated carbocycles. The van der Waals surface area contributed by atoms with Crippen molar-refractivity contribution in [3.63, 3.8) is 0 Å². The number of hydrogen-bond acceptors (Lipinski definition) is 2. The average Bonchev–Trinajstić information content (AvgIpc) is 2.40. The Bertz CT molecular complexity index is 360. The van der Waals surface area contributed by atoms with Gasteiger partial charge >= 0.3 is 5.97 Å². The molecule has 0 radical (unpaired) electrons. The molecule has 0 spiro atoms. The van der Waals surface area contributed by atoms with Crippen LogP contribution in [0.25, 0.3) is 0 Å². The molecule has 1 aliphatic heterocycles. The highest BCUT2D eigenvalue weighted by Crippen LogP contribution is 2.37. The van der Waals surface area contributed by atoms with E-state index >= 15 is 0 Å². The van der Waals surface area contributed by atoms with E-state index in [-0.39, 0.29) is 11.9 Å². The lowest BCUT2D eigenvalue weighted by Crippen LogP contribution is -2.08. The molecule has 0 saturated heterocycles. The average molecular weight is 197 g/mol. The van der Waals surface area contributed by atoms with Crippen LogP contribution >= 0.6 is 11.6 Å². The summed E-state index contributed by atoms with van der Waals surface area (Å²) in [6, 6.07) is 5.27. The van der Waals surface area contributed by atoms with E-state index in [1.54, 1.807) is 18.2 Å². The van der Waals surface area contributed by atoms with Crippen LogP contribution in [-0.4, -0.2) is 5.97 Å². The van der Waals surface area contributed by atoms with Crippen molar-refractivity contribution in [2.24, 2.45) is 0 Å². The van der Waals surface area contributed by atoms with Crippen molar-refractivity contribution < 1.29 is 9.53 Å². The minimum absolute atomic E-state index is 0.131. The number of benzene rings is 1. The molecule has 13 heavy (non-hydrogen) atoms. The standard InChI is InChI=1S/C10H9ClO2/c1-2-7-8-5-6(11)3-4-9(8)13-10(7)12/h3-5,7H,2H2,1H3. The number of rotatable bonds is 1. The Morgan fingerprint density at radius 3 is 3.00 bits per heavy atom. The molecule has 0 bridgehead atoms. The van der Waals surface area contributed by atoms with Gasteiger partial charge in [-0.25, -0.2) is 0 Å². The van der Waals surface area contributed by atoms with Gasteiger partial charge in [0.1, 0.15) is 5.75 Å². The summed E-state index contributed by atoms with van der Waals surface area (Å²) in [4.78, 5) is 11.3. The van der Waals surface area contributed by atoms with Crippen molar-refractivity contribution in [1.29, 1.82) is 0 Å². The van der Waals surface area contributed by atoms with E-state index in [9.17, 15) is 4.79 Å². The van der Waals surface area contributed by atoms with Gasteiger partial charge in [0.05, 0.1) is 5.92 Å². The van der Waals surface area contributed by atoms with E-state index in [2.05, 4.69) is 0 Å². The Morgan fingerprint density at radius 2 is 2.31 bits per heavy atom. The van der Waals surface area contributed by atoms with Gasteiger partial charge in [0, 0.05) is 10.6 Å². The fourth-order valence-electron chi connectivity index (χ4n) is 1.58. The van der Waals surface area contributed by atoms with Crippen LogP contribution in [0.2, 0.25) is 5.02 Å². The lowest BCUT2D eigenvalue weighted by Gasteiger charge is -2.01. The second-order valence-corrected chi connectivity index (χ2v) is 3.50. The van der Waals surface area contributed by atoms with Crippen molar-refractivity contribution in [3.05, 3.63) is 28.8 Å². The molecule has 3 heteroatoms. The fourth-order valence-corrected chi connectivity index (χ4v) is 1.76. The zero-order valence-corrected chi connectivity index (χ0v) is 7.97. The highest BCUT2D eigenvalue weighted by molar-refractivity contribution is 6.30. The number of hydrogen-bond donors (Lipinski definition) is 0. The van der Waals surface area contributed by atoms with E-state index < -0.39 is 0 Å². The second-order valence-electron chi connectivity index (χ2n) is 3.06. The smallest absolute Gasteiger partial charge is 0.318 e. The summed E-state index contributed by atoms with van der Waals surface area (Å²) in [5, 5.41) is 0.649. The third-order valence-corrected chi connectivity index (χ3v) is 2.49. The maximum atomic E-state index is 11.3. The van der Waals surface area contributed by atoms with E-state index in [0.717, 1.165) is 12.0 Å². The van der Waals surface area contributed by atoms with Crippen molar-refractivity contribution in [3.8, 4) is 5.75 Å². The maximum absolute atomic E-state index is 11.3. The normalized spacial score (nSPS) is 19.8. The first kappa shape index (κ1) is 8.57. The minimum Gasteiger partial charge on any atom is -0.426 e. The largest absolute Gasteiger partial charge is 0.426 e. The lowest BCUT2D eigenvalue weighted by molar-refractivity contribution is -0.134. The first-order chi connectivity index (χ1) is 6.22. The van der Waals surface area contributed by atoms with Crippen LogP contribution in [0.1, 0.15) is 24.8 Å². The molecule has 2 nitrogen and oxygen atoms in total. The van der Waals surface area contributed by atoms with Crippen LogP contribution in [0, 0.1) is 0 Å². The van der Waals surface area contributed by atoms with Crippen molar-refractivity contribution in [2.75, 3.05) is 0 Å². The van der Waals surface area contributed by atoms with Crippen LogP contribution in [-0.2, 0) is 4.79 Å². The summed E-state index contributed by atoms with van der Waals surface area (Å²) in [6.07, 6.45) is 0.756. The second kappa shape index (κ2) is 3.04. The molecule has 0 aromatic heterocycles. The molecule has 0 amide bonds. The third kappa shape index (κ3) is 1.31. The van der Waals surface area contributed by atoms with Crippen LogP contribution in [0.5, 0.6) is 5.75 Å². The van der Waals surface area contributed by atoms with Gasteiger partial charge in [-0.1, -0.05) is 18.5 Å². The number of carbonyl (C=O) groups is 1. The van der Waals surface area contributed by atoms with Gasteiger partial charge < -0.3 is 4.74 Å². The maximum Gasteiger partial charge on any atom is 0.318 e. The van der Waals surface area contributed by atoms with Crippen molar-refractivity contribution >= 4 is 17.6 Å². The molecule has 1 heterocycles. The Hall–Kier alpha value is -1.02. The fraction of sp³-hybridized carbons (Fsp3) is 0.300. The van der Waals surface area contributed by atoms with Crippen molar-refractivity contribution in [2.45, 2.75) is 19.3 Å². The molecule has 0 fully saturated rings. The Labute approximate surface area is 81.5 Å². The van der Waals surface area contributed by atoms with E-state index in [1.807, 2.05) is 6.92 Å². The highest BCUT2D eigenvalue weighted by atomic mass is 35.5. The summed E-state index contributed by atoms with van der Waals surface area (Å²) < 4.78 is 5.07. The zero-order valence-electron chi connectivity index (χ0n) is 7.21. The Kier molecular flexibility index (Phi) is 2.00. The number of fused-ring (bicyclic) bond motifs is 1. The van der Waals surface area contributed by atoms with Gasteiger partial charge in [0.15, 0.2) is 0 Å². The van der Waals surface area contributed by atoms with E-state index in [1.165, 1.54) is 0 Å². The van der Waals surface area contributed by atoms with Crippen molar-refractivity contribution in [1.82, 2.24) is 0 Å². The molecule has 1 aliphatic rings. The van der Waals surface area contributed by atoms with Gasteiger partial charge in [0.25, 0.3) is 0 Å². The number of esters is 1. The molecular formula is C10H9ClO2. The third-order valence-electron chi connectivity index (χ3n) is 2.25. The Morgan fingerprint density at radius 1 is 1.54 bits per heavy atom. The number of halogens is 1. The number of carbonyl (C=O) groups excluding carboxylic acids is 1. The molecular weight excluding hydrogens is 188 g/mol. The van der Waals surface area contributed by atoms with Gasteiger partial charge in [0.2, 0.25) is 0 Å². The zero-order chi connectivity index (χ0) is 9.42. The predicted molar refractivity (Wildman–Crippen MR) is 50.1 cm³/mol. The van der Waals surface area contributed by atoms with Crippen LogP contribution in [0.4, 0.5) is 0 Å². The molecule has 68 valence electrons. The van der Waals surface area contributed by atoms with Crippen LogP contribution < -0.4 is 4.74 Å².